The first-order chi connectivity index (χ1) is 7.69. The van der Waals surface area contributed by atoms with Crippen molar-refractivity contribution in [3.05, 3.63) is 0 Å². The van der Waals surface area contributed by atoms with E-state index in [9.17, 15) is 9.59 Å². The van der Waals surface area contributed by atoms with Crippen molar-refractivity contribution < 1.29 is 9.59 Å². The molecule has 0 aromatic carbocycles. The van der Waals surface area contributed by atoms with Gasteiger partial charge in [0.25, 0.3) is 11.8 Å². The van der Waals surface area contributed by atoms with Crippen LogP contribution < -0.4 is 0 Å². The van der Waals surface area contributed by atoms with Crippen LogP contribution in [0, 0.1) is 11.8 Å². The summed E-state index contributed by atoms with van der Waals surface area (Å²) in [5.41, 5.74) is 0. The van der Waals surface area contributed by atoms with Crippen LogP contribution in [0.4, 0.5) is 0 Å². The standard InChI is InChI=1S/C10H10N2O2S2/c13-9(11-5-15)7-1-2-8(4-3-7)10(14)12-6-16/h7-8H,1-4H2/t7-,8-. The number of carbonyl (C=O) groups is 2. The summed E-state index contributed by atoms with van der Waals surface area (Å²) >= 11 is 8.74. The molecule has 4 nitrogen and oxygen atoms in total. The zero-order valence-corrected chi connectivity index (χ0v) is 10.1. The monoisotopic (exact) mass is 254 g/mol. The highest BCUT2D eigenvalue weighted by molar-refractivity contribution is 7.78. The number of carbonyl (C=O) groups excluding carboxylic acids is 2. The molecule has 1 aliphatic rings. The van der Waals surface area contributed by atoms with Gasteiger partial charge in [-0.1, -0.05) is 0 Å². The number of thiocarbonyl (C=S) groups is 2. The molecule has 0 aromatic heterocycles. The first-order valence-electron chi connectivity index (χ1n) is 4.92. The van der Waals surface area contributed by atoms with Gasteiger partial charge in [0.1, 0.15) is 0 Å². The first kappa shape index (κ1) is 13.0. The fourth-order valence-electron chi connectivity index (χ4n) is 1.86. The van der Waals surface area contributed by atoms with Crippen LogP contribution in [0.25, 0.3) is 0 Å². The van der Waals surface area contributed by atoms with E-state index >= 15 is 0 Å². The summed E-state index contributed by atoms with van der Waals surface area (Å²) in [5.74, 6) is -0.731. The predicted molar refractivity (Wildman–Crippen MR) is 65.5 cm³/mol. The molecule has 1 aliphatic carbocycles. The molecular weight excluding hydrogens is 244 g/mol. The molecule has 0 aliphatic heterocycles. The number of rotatable bonds is 2. The summed E-state index contributed by atoms with van der Waals surface area (Å²) in [6.45, 7) is 0. The van der Waals surface area contributed by atoms with Crippen LogP contribution in [0.1, 0.15) is 25.7 Å². The molecule has 84 valence electrons. The largest absolute Gasteiger partial charge is 0.272 e. The van der Waals surface area contributed by atoms with Gasteiger partial charge in [-0.15, -0.1) is 0 Å². The van der Waals surface area contributed by atoms with E-state index in [0.29, 0.717) is 25.7 Å². The zero-order valence-electron chi connectivity index (χ0n) is 8.51. The topological polar surface area (TPSA) is 58.9 Å². The van der Waals surface area contributed by atoms with Gasteiger partial charge in [0.15, 0.2) is 0 Å². The van der Waals surface area contributed by atoms with Crippen LogP contribution in [0.5, 0.6) is 0 Å². The second-order valence-electron chi connectivity index (χ2n) is 3.63. The van der Waals surface area contributed by atoms with Gasteiger partial charge >= 0.3 is 0 Å². The smallest absolute Gasteiger partial charge is 0.257 e. The van der Waals surface area contributed by atoms with E-state index in [4.69, 9.17) is 0 Å². The van der Waals surface area contributed by atoms with Crippen LogP contribution in [-0.2, 0) is 9.59 Å². The number of hydrogen-bond acceptors (Lipinski definition) is 4. The van der Waals surface area contributed by atoms with E-state index in [0.717, 1.165) is 0 Å². The highest BCUT2D eigenvalue weighted by atomic mass is 32.1. The van der Waals surface area contributed by atoms with Gasteiger partial charge in [0, 0.05) is 11.8 Å². The molecule has 0 atom stereocenters. The summed E-state index contributed by atoms with van der Waals surface area (Å²) in [4.78, 5) is 29.6. The van der Waals surface area contributed by atoms with E-state index in [1.807, 2.05) is 0 Å². The summed E-state index contributed by atoms with van der Waals surface area (Å²) < 4.78 is 0. The van der Waals surface area contributed by atoms with Gasteiger partial charge in [-0.3, -0.25) is 9.59 Å². The first-order valence-corrected chi connectivity index (χ1v) is 5.74. The van der Waals surface area contributed by atoms with Crippen molar-refractivity contribution in [2.24, 2.45) is 21.8 Å². The third-order valence-electron chi connectivity index (χ3n) is 2.74. The van der Waals surface area contributed by atoms with E-state index in [1.54, 1.807) is 0 Å². The molecule has 0 N–H and O–H groups in total. The maximum Gasteiger partial charge on any atom is 0.257 e. The summed E-state index contributed by atoms with van der Waals surface area (Å²) in [6.07, 6.45) is 2.57. The Morgan fingerprint density at radius 3 is 1.44 bits per heavy atom. The second-order valence-corrected chi connectivity index (χ2v) is 4.00. The molecule has 1 rings (SSSR count). The molecule has 1 fully saturated rings. The Morgan fingerprint density at radius 1 is 0.875 bits per heavy atom. The fraction of sp³-hybridized carbons (Fsp3) is 0.600. The Bertz CT molecular complexity index is 350. The van der Waals surface area contributed by atoms with E-state index in [2.05, 4.69) is 44.7 Å². The molecule has 2 amide bonds. The van der Waals surface area contributed by atoms with Crippen molar-refractivity contribution in [3.8, 4) is 0 Å². The van der Waals surface area contributed by atoms with Gasteiger partial charge in [0.05, 0.1) is 10.3 Å². The molecular formula is C10H10N2O2S2. The average Bonchev–Trinajstić information content (AvgIpc) is 2.30. The van der Waals surface area contributed by atoms with Crippen molar-refractivity contribution in [2.75, 3.05) is 0 Å². The number of nitrogens with zero attached hydrogens (tertiary/aromatic N) is 2. The molecule has 0 radical (unpaired) electrons. The number of amides is 2. The molecule has 0 spiro atoms. The lowest BCUT2D eigenvalue weighted by molar-refractivity contribution is -0.126. The lowest BCUT2D eigenvalue weighted by Crippen LogP contribution is -2.24. The van der Waals surface area contributed by atoms with Crippen molar-refractivity contribution >= 4 is 46.6 Å². The predicted octanol–water partition coefficient (Wildman–Crippen LogP) is 2.05. The molecule has 6 heteroatoms. The minimum absolute atomic E-state index is 0.129. The van der Waals surface area contributed by atoms with Gasteiger partial charge in [0.2, 0.25) is 0 Å². The van der Waals surface area contributed by atoms with E-state index in [1.165, 1.54) is 0 Å². The fourth-order valence-corrected chi connectivity index (χ4v) is 2.04. The Balaban J connectivity index is 2.51. The maximum atomic E-state index is 11.4. The molecule has 0 saturated heterocycles. The summed E-state index contributed by atoms with van der Waals surface area (Å²) in [7, 11) is 0. The Labute approximate surface area is 104 Å². The molecule has 0 bridgehead atoms. The number of hydrogen-bond donors (Lipinski definition) is 0. The Hall–Kier alpha value is -1.06. The van der Waals surface area contributed by atoms with Gasteiger partial charge < -0.3 is 0 Å². The highest BCUT2D eigenvalue weighted by Gasteiger charge is 2.29. The van der Waals surface area contributed by atoms with Crippen LogP contribution in [-0.4, -0.2) is 22.1 Å². The highest BCUT2D eigenvalue weighted by Crippen LogP contribution is 2.30. The Morgan fingerprint density at radius 2 is 1.19 bits per heavy atom. The van der Waals surface area contributed by atoms with Crippen molar-refractivity contribution in [1.82, 2.24) is 0 Å². The molecule has 1 saturated carbocycles. The lowest BCUT2D eigenvalue weighted by Gasteiger charge is -2.23. The van der Waals surface area contributed by atoms with Gasteiger partial charge in [-0.05, 0) is 50.1 Å². The molecule has 16 heavy (non-hydrogen) atoms. The zero-order chi connectivity index (χ0) is 12.0. The lowest BCUT2D eigenvalue weighted by atomic mass is 9.81. The van der Waals surface area contributed by atoms with Crippen LogP contribution in [0.2, 0.25) is 0 Å². The normalized spacial score (nSPS) is 23.8. The van der Waals surface area contributed by atoms with Crippen LogP contribution in [0.15, 0.2) is 9.98 Å². The quantitative estimate of drug-likeness (QED) is 0.559. The van der Waals surface area contributed by atoms with Crippen LogP contribution in [0.3, 0.4) is 0 Å². The van der Waals surface area contributed by atoms with Gasteiger partial charge in [-0.25, -0.2) is 0 Å². The molecule has 0 unspecified atom stereocenters. The molecule has 0 aromatic rings. The third-order valence-corrected chi connectivity index (χ3v) is 2.92. The van der Waals surface area contributed by atoms with Crippen LogP contribution >= 0.6 is 24.4 Å². The molecule has 0 heterocycles. The minimum Gasteiger partial charge on any atom is -0.272 e. The number of aliphatic imine (C=N–C) groups is 2. The van der Waals surface area contributed by atoms with Gasteiger partial charge in [-0.2, -0.15) is 9.98 Å². The van der Waals surface area contributed by atoms with Crippen molar-refractivity contribution in [1.29, 1.82) is 0 Å². The Kier molecular flexibility index (Phi) is 5.29. The summed E-state index contributed by atoms with van der Waals surface area (Å²) in [5, 5.41) is 4.14. The van der Waals surface area contributed by atoms with E-state index in [-0.39, 0.29) is 23.7 Å². The minimum atomic E-state index is -0.237. The third kappa shape index (κ3) is 3.51. The van der Waals surface area contributed by atoms with Crippen molar-refractivity contribution in [3.63, 3.8) is 0 Å². The maximum absolute atomic E-state index is 11.4. The summed E-state index contributed by atoms with van der Waals surface area (Å²) in [6, 6.07) is 0. The van der Waals surface area contributed by atoms with E-state index < -0.39 is 0 Å². The number of isothiocyanates is 2. The van der Waals surface area contributed by atoms with Crippen molar-refractivity contribution in [2.45, 2.75) is 25.7 Å². The SMILES string of the molecule is O=C(N=C=S)[C@H]1CC[C@H](C(=O)N=C=S)CC1. The average molecular weight is 254 g/mol. The second kappa shape index (κ2) is 6.51.